The van der Waals surface area contributed by atoms with E-state index in [1.165, 1.54) is 18.3 Å². The number of aromatic nitrogens is 1. The molecule has 1 aromatic rings. The van der Waals surface area contributed by atoms with E-state index in [4.69, 9.17) is 5.26 Å². The molecule has 0 bridgehead atoms. The van der Waals surface area contributed by atoms with Gasteiger partial charge in [0.15, 0.2) is 0 Å². The fourth-order valence-corrected chi connectivity index (χ4v) is 3.23. The highest BCUT2D eigenvalue weighted by Gasteiger charge is 2.21. The minimum absolute atomic E-state index is 0.0933. The Morgan fingerprint density at radius 1 is 1.42 bits per heavy atom. The molecule has 19 heavy (non-hydrogen) atoms. The Morgan fingerprint density at radius 3 is 2.95 bits per heavy atom. The first kappa shape index (κ1) is 13.9. The minimum Gasteiger partial charge on any atom is -0.315 e. The highest BCUT2D eigenvalue weighted by molar-refractivity contribution is 7.89. The molecule has 2 N–H and O–H groups in total. The number of hydrogen-bond donors (Lipinski definition) is 2. The number of pyridine rings is 1. The first-order valence-corrected chi connectivity index (χ1v) is 7.69. The highest BCUT2D eigenvalue weighted by atomic mass is 32.2. The molecule has 6 nitrogen and oxygen atoms in total. The van der Waals surface area contributed by atoms with Crippen LogP contribution in [-0.4, -0.2) is 32.5 Å². The third-order valence-electron chi connectivity index (χ3n) is 3.03. The van der Waals surface area contributed by atoms with E-state index in [2.05, 4.69) is 15.0 Å². The Balaban J connectivity index is 2.10. The molecule has 7 heteroatoms. The van der Waals surface area contributed by atoms with Gasteiger partial charge in [0.25, 0.3) is 0 Å². The summed E-state index contributed by atoms with van der Waals surface area (Å²) in [5.74, 6) is 0. The van der Waals surface area contributed by atoms with E-state index < -0.39 is 10.0 Å². The maximum atomic E-state index is 12.2. The predicted octanol–water partition coefficient (Wildman–Crippen LogP) is 0.374. The molecule has 0 aliphatic carbocycles. The van der Waals surface area contributed by atoms with Gasteiger partial charge in [0.2, 0.25) is 10.0 Å². The average Bonchev–Trinajstić information content (AvgIpc) is 2.67. The van der Waals surface area contributed by atoms with Gasteiger partial charge in [0, 0.05) is 18.8 Å². The number of sulfonamides is 1. The third kappa shape index (κ3) is 3.73. The molecule has 102 valence electrons. The van der Waals surface area contributed by atoms with Gasteiger partial charge < -0.3 is 5.32 Å². The summed E-state index contributed by atoms with van der Waals surface area (Å²) in [4.78, 5) is 3.87. The van der Waals surface area contributed by atoms with Crippen molar-refractivity contribution in [1.82, 2.24) is 15.0 Å². The number of hydrogen-bond acceptors (Lipinski definition) is 5. The summed E-state index contributed by atoms with van der Waals surface area (Å²) < 4.78 is 27.0. The van der Waals surface area contributed by atoms with Gasteiger partial charge in [-0.2, -0.15) is 5.26 Å². The van der Waals surface area contributed by atoms with Crippen molar-refractivity contribution in [2.24, 2.45) is 0 Å². The Bertz CT molecular complexity index is 554. The van der Waals surface area contributed by atoms with Gasteiger partial charge in [0.1, 0.15) is 16.7 Å². The molecule has 1 atom stereocenters. The molecular weight excluding hydrogens is 264 g/mol. The van der Waals surface area contributed by atoms with Crippen LogP contribution in [0.5, 0.6) is 0 Å². The fourth-order valence-electron chi connectivity index (χ4n) is 2.01. The topological polar surface area (TPSA) is 94.9 Å². The maximum absolute atomic E-state index is 12.2. The molecule has 0 spiro atoms. The summed E-state index contributed by atoms with van der Waals surface area (Å²) in [6.07, 6.45) is 4.11. The Labute approximate surface area is 112 Å². The molecule has 1 fully saturated rings. The average molecular weight is 280 g/mol. The van der Waals surface area contributed by atoms with E-state index >= 15 is 0 Å². The van der Waals surface area contributed by atoms with Gasteiger partial charge in [-0.15, -0.1) is 0 Å². The summed E-state index contributed by atoms with van der Waals surface area (Å²) >= 11 is 0. The van der Waals surface area contributed by atoms with Crippen molar-refractivity contribution in [2.45, 2.75) is 30.2 Å². The zero-order valence-electron chi connectivity index (χ0n) is 10.5. The zero-order chi connectivity index (χ0) is 13.7. The number of nitrogens with zero attached hydrogens (tertiary/aromatic N) is 2. The summed E-state index contributed by atoms with van der Waals surface area (Å²) in [5.41, 5.74) is 0.204. The second kappa shape index (κ2) is 6.10. The van der Waals surface area contributed by atoms with Gasteiger partial charge in [-0.3, -0.25) is 0 Å². The van der Waals surface area contributed by atoms with Gasteiger partial charge in [-0.1, -0.05) is 6.42 Å². The molecule has 0 aromatic carbocycles. The molecular formula is C12H16N4O2S. The SMILES string of the molecule is N#Cc1ccc(S(=O)(=O)NC2CCCCNC2)cn1. The molecule has 1 saturated heterocycles. The molecule has 2 heterocycles. The van der Waals surface area contributed by atoms with E-state index in [9.17, 15) is 8.42 Å². The van der Waals surface area contributed by atoms with Crippen molar-refractivity contribution in [2.75, 3.05) is 13.1 Å². The van der Waals surface area contributed by atoms with E-state index in [0.29, 0.717) is 6.54 Å². The summed E-state index contributed by atoms with van der Waals surface area (Å²) in [6.45, 7) is 1.57. The van der Waals surface area contributed by atoms with Crippen LogP contribution < -0.4 is 10.0 Å². The molecule has 0 saturated carbocycles. The zero-order valence-corrected chi connectivity index (χ0v) is 11.3. The van der Waals surface area contributed by atoms with E-state index in [0.717, 1.165) is 25.8 Å². The van der Waals surface area contributed by atoms with Crippen molar-refractivity contribution in [3.63, 3.8) is 0 Å². The van der Waals surface area contributed by atoms with Crippen molar-refractivity contribution in [3.05, 3.63) is 24.0 Å². The van der Waals surface area contributed by atoms with Crippen LogP contribution >= 0.6 is 0 Å². The van der Waals surface area contributed by atoms with Crippen molar-refractivity contribution >= 4 is 10.0 Å². The van der Waals surface area contributed by atoms with Crippen molar-refractivity contribution in [1.29, 1.82) is 5.26 Å². The van der Waals surface area contributed by atoms with Gasteiger partial charge in [-0.25, -0.2) is 18.1 Å². The van der Waals surface area contributed by atoms with Gasteiger partial charge in [-0.05, 0) is 31.5 Å². The smallest absolute Gasteiger partial charge is 0.242 e. The van der Waals surface area contributed by atoms with Crippen LogP contribution in [0.3, 0.4) is 0 Å². The Morgan fingerprint density at radius 2 is 2.26 bits per heavy atom. The number of rotatable bonds is 3. The van der Waals surface area contributed by atoms with Crippen LogP contribution in [0.1, 0.15) is 25.0 Å². The van der Waals surface area contributed by atoms with Crippen LogP contribution in [0, 0.1) is 11.3 Å². The summed E-state index contributed by atoms with van der Waals surface area (Å²) in [6, 6.07) is 4.57. The Hall–Kier alpha value is -1.49. The lowest BCUT2D eigenvalue weighted by Crippen LogP contribution is -2.40. The monoisotopic (exact) mass is 280 g/mol. The molecule has 1 aliphatic heterocycles. The molecule has 1 aromatic heterocycles. The molecule has 0 amide bonds. The largest absolute Gasteiger partial charge is 0.315 e. The van der Waals surface area contributed by atoms with Crippen LogP contribution in [0.2, 0.25) is 0 Å². The quantitative estimate of drug-likeness (QED) is 0.834. The number of nitrogens with one attached hydrogen (secondary N) is 2. The van der Waals surface area contributed by atoms with Crippen LogP contribution in [0.25, 0.3) is 0 Å². The second-order valence-corrected chi connectivity index (χ2v) is 6.22. The minimum atomic E-state index is -3.56. The van der Waals surface area contributed by atoms with Crippen molar-refractivity contribution in [3.8, 4) is 6.07 Å². The van der Waals surface area contributed by atoms with E-state index in [1.807, 2.05) is 6.07 Å². The van der Waals surface area contributed by atoms with E-state index in [-0.39, 0.29) is 16.6 Å². The molecule has 1 unspecified atom stereocenters. The van der Waals surface area contributed by atoms with Gasteiger partial charge >= 0.3 is 0 Å². The molecule has 2 rings (SSSR count). The first-order valence-electron chi connectivity index (χ1n) is 6.21. The maximum Gasteiger partial charge on any atom is 0.242 e. The normalized spacial score (nSPS) is 20.5. The highest BCUT2D eigenvalue weighted by Crippen LogP contribution is 2.11. The molecule has 0 radical (unpaired) electrons. The lowest BCUT2D eigenvalue weighted by molar-refractivity contribution is 0.521. The second-order valence-electron chi connectivity index (χ2n) is 4.51. The summed E-state index contributed by atoms with van der Waals surface area (Å²) in [7, 11) is -3.56. The number of nitriles is 1. The van der Waals surface area contributed by atoms with Crippen LogP contribution in [-0.2, 0) is 10.0 Å². The van der Waals surface area contributed by atoms with Gasteiger partial charge in [0.05, 0.1) is 0 Å². The molecule has 1 aliphatic rings. The fraction of sp³-hybridized carbons (Fsp3) is 0.500. The lowest BCUT2D eigenvalue weighted by Gasteiger charge is -2.16. The standard InChI is InChI=1S/C12H16N4O2S/c13-7-10-4-5-12(9-15-10)19(17,18)16-11-3-1-2-6-14-8-11/h4-5,9,11,14,16H,1-3,6,8H2. The van der Waals surface area contributed by atoms with Crippen LogP contribution in [0.4, 0.5) is 0 Å². The van der Waals surface area contributed by atoms with E-state index in [1.54, 1.807) is 0 Å². The van der Waals surface area contributed by atoms with Crippen molar-refractivity contribution < 1.29 is 8.42 Å². The predicted molar refractivity (Wildman–Crippen MR) is 69.8 cm³/mol. The third-order valence-corrected chi connectivity index (χ3v) is 4.54. The first-order chi connectivity index (χ1) is 9.12. The summed E-state index contributed by atoms with van der Waals surface area (Å²) in [5, 5.41) is 11.8. The van der Waals surface area contributed by atoms with Crippen LogP contribution in [0.15, 0.2) is 23.2 Å². The lowest BCUT2D eigenvalue weighted by atomic mass is 10.2. The Kier molecular flexibility index (Phi) is 4.47.